The molecule has 0 aliphatic heterocycles. The lowest BCUT2D eigenvalue weighted by Crippen LogP contribution is -2.20. The molecule has 0 aromatic heterocycles. The van der Waals surface area contributed by atoms with Crippen LogP contribution in [0.15, 0.2) is 0 Å². The van der Waals surface area contributed by atoms with Crippen LogP contribution >= 0.6 is 11.6 Å². The van der Waals surface area contributed by atoms with Crippen molar-refractivity contribution in [1.82, 2.24) is 0 Å². The van der Waals surface area contributed by atoms with Gasteiger partial charge >= 0.3 is 6.18 Å². The first-order chi connectivity index (χ1) is 6.89. The summed E-state index contributed by atoms with van der Waals surface area (Å²) in [6, 6.07) is 3.31. The fourth-order valence-electron chi connectivity index (χ4n) is 1.10. The Labute approximate surface area is 91.2 Å². The van der Waals surface area contributed by atoms with Crippen molar-refractivity contribution < 1.29 is 13.2 Å². The second-order valence-electron chi connectivity index (χ2n) is 3.21. The molecule has 0 spiro atoms. The topological polar surface area (TPSA) is 47.6 Å². The summed E-state index contributed by atoms with van der Waals surface area (Å²) in [4.78, 5) is 0. The van der Waals surface area contributed by atoms with Crippen LogP contribution in [0.3, 0.4) is 0 Å². The van der Waals surface area contributed by atoms with Gasteiger partial charge in [-0.1, -0.05) is 0 Å². The molecule has 0 aromatic rings. The summed E-state index contributed by atoms with van der Waals surface area (Å²) in [5.74, 6) is 0.233. The van der Waals surface area contributed by atoms with Gasteiger partial charge in [0.2, 0.25) is 0 Å². The molecule has 0 bridgehead atoms. The highest BCUT2D eigenvalue weighted by molar-refractivity contribution is 6.17. The van der Waals surface area contributed by atoms with Gasteiger partial charge in [-0.15, -0.1) is 11.6 Å². The van der Waals surface area contributed by atoms with E-state index < -0.39 is 24.4 Å². The number of nitriles is 2. The largest absolute Gasteiger partial charge is 0.389 e. The molecule has 0 saturated heterocycles. The van der Waals surface area contributed by atoms with Gasteiger partial charge in [-0.2, -0.15) is 23.7 Å². The zero-order valence-electron chi connectivity index (χ0n) is 7.94. The normalized spacial score (nSPS) is 11.9. The van der Waals surface area contributed by atoms with Crippen LogP contribution in [0.2, 0.25) is 0 Å². The summed E-state index contributed by atoms with van der Waals surface area (Å²) in [7, 11) is 0. The Kier molecular flexibility index (Phi) is 5.46. The van der Waals surface area contributed by atoms with E-state index in [9.17, 15) is 13.2 Å². The Morgan fingerprint density at radius 3 is 1.87 bits per heavy atom. The van der Waals surface area contributed by atoms with Gasteiger partial charge in [0.15, 0.2) is 0 Å². The van der Waals surface area contributed by atoms with Crippen molar-refractivity contribution in [2.24, 2.45) is 5.41 Å². The van der Waals surface area contributed by atoms with Gasteiger partial charge in [0.1, 0.15) is 5.41 Å². The predicted molar refractivity (Wildman–Crippen MR) is 48.9 cm³/mol. The average molecular weight is 239 g/mol. The van der Waals surface area contributed by atoms with Crippen LogP contribution in [-0.2, 0) is 0 Å². The monoisotopic (exact) mass is 238 g/mol. The smallest absolute Gasteiger partial charge is 0.197 e. The maximum atomic E-state index is 11.9. The molecule has 6 heteroatoms. The van der Waals surface area contributed by atoms with Crippen molar-refractivity contribution in [3.8, 4) is 12.1 Å². The van der Waals surface area contributed by atoms with E-state index >= 15 is 0 Å². The Balaban J connectivity index is 4.41. The van der Waals surface area contributed by atoms with E-state index in [1.165, 1.54) is 0 Å². The molecule has 0 saturated carbocycles. The Morgan fingerprint density at radius 1 is 1.00 bits per heavy atom. The molecular weight excluding hydrogens is 229 g/mol. The first-order valence-corrected chi connectivity index (χ1v) is 4.88. The van der Waals surface area contributed by atoms with Gasteiger partial charge in [0, 0.05) is 12.3 Å². The molecule has 15 heavy (non-hydrogen) atoms. The Hall–Kier alpha value is -0.940. The third kappa shape index (κ3) is 5.49. The molecule has 0 N–H and O–H groups in total. The maximum Gasteiger partial charge on any atom is 0.389 e. The van der Waals surface area contributed by atoms with Crippen molar-refractivity contribution in [2.75, 3.05) is 5.88 Å². The van der Waals surface area contributed by atoms with Gasteiger partial charge in [-0.05, 0) is 19.3 Å². The second kappa shape index (κ2) is 5.82. The lowest BCUT2D eigenvalue weighted by molar-refractivity contribution is -0.138. The molecule has 2 nitrogen and oxygen atoms in total. The zero-order chi connectivity index (χ0) is 11.9. The molecule has 0 aromatic carbocycles. The fourth-order valence-corrected chi connectivity index (χ4v) is 1.23. The first kappa shape index (κ1) is 14.1. The van der Waals surface area contributed by atoms with Crippen LogP contribution < -0.4 is 0 Å². The van der Waals surface area contributed by atoms with Crippen LogP contribution in [0, 0.1) is 28.1 Å². The Morgan fingerprint density at radius 2 is 1.53 bits per heavy atom. The van der Waals surface area contributed by atoms with E-state index in [4.69, 9.17) is 22.1 Å². The first-order valence-electron chi connectivity index (χ1n) is 4.34. The Bertz CT molecular complexity index is 261. The van der Waals surface area contributed by atoms with Crippen molar-refractivity contribution in [1.29, 1.82) is 10.5 Å². The van der Waals surface area contributed by atoms with Gasteiger partial charge in [-0.25, -0.2) is 0 Å². The summed E-state index contributed by atoms with van der Waals surface area (Å²) < 4.78 is 35.8. The number of halogens is 4. The minimum atomic E-state index is -4.33. The van der Waals surface area contributed by atoms with E-state index in [2.05, 4.69) is 0 Å². The fraction of sp³-hybridized carbons (Fsp3) is 0.778. The summed E-state index contributed by atoms with van der Waals surface area (Å²) in [6.45, 7) is 0. The number of hydrogen-bond acceptors (Lipinski definition) is 2. The molecule has 0 aliphatic rings. The maximum absolute atomic E-state index is 11.9. The van der Waals surface area contributed by atoms with Gasteiger partial charge < -0.3 is 0 Å². The third-order valence-electron chi connectivity index (χ3n) is 2.00. The van der Waals surface area contributed by atoms with Crippen molar-refractivity contribution in [2.45, 2.75) is 31.9 Å². The average Bonchev–Trinajstić information content (AvgIpc) is 2.18. The highest BCUT2D eigenvalue weighted by Crippen LogP contribution is 2.33. The summed E-state index contributed by atoms with van der Waals surface area (Å²) >= 11 is 5.37. The van der Waals surface area contributed by atoms with E-state index in [1.807, 2.05) is 0 Å². The SMILES string of the molecule is N#CC(C#N)(CCCCl)CCC(F)(F)F. The minimum Gasteiger partial charge on any atom is -0.197 e. The molecule has 0 heterocycles. The lowest BCUT2D eigenvalue weighted by Gasteiger charge is -2.18. The van der Waals surface area contributed by atoms with E-state index in [1.54, 1.807) is 12.1 Å². The van der Waals surface area contributed by atoms with Gasteiger partial charge in [-0.3, -0.25) is 0 Å². The minimum absolute atomic E-state index is 0.0829. The van der Waals surface area contributed by atoms with Crippen molar-refractivity contribution in [3.05, 3.63) is 0 Å². The highest BCUT2D eigenvalue weighted by Gasteiger charge is 2.36. The van der Waals surface area contributed by atoms with Crippen LogP contribution in [0.4, 0.5) is 13.2 Å². The summed E-state index contributed by atoms with van der Waals surface area (Å²) in [5.41, 5.74) is -1.55. The second-order valence-corrected chi connectivity index (χ2v) is 3.59. The summed E-state index contributed by atoms with van der Waals surface area (Å²) in [5, 5.41) is 17.4. The van der Waals surface area contributed by atoms with Gasteiger partial charge in [0.05, 0.1) is 12.1 Å². The van der Waals surface area contributed by atoms with Crippen molar-refractivity contribution >= 4 is 11.6 Å². The third-order valence-corrected chi connectivity index (χ3v) is 2.27. The quantitative estimate of drug-likeness (QED) is 0.690. The summed E-state index contributed by atoms with van der Waals surface area (Å²) in [6.07, 6.45) is -5.49. The lowest BCUT2D eigenvalue weighted by atomic mass is 9.82. The molecule has 0 amide bonds. The van der Waals surface area contributed by atoms with Crippen LogP contribution in [-0.4, -0.2) is 12.1 Å². The predicted octanol–water partition coefficient (Wildman–Crippen LogP) is 3.38. The molecule has 0 unspecified atom stereocenters. The van der Waals surface area contributed by atoms with Crippen molar-refractivity contribution in [3.63, 3.8) is 0 Å². The number of nitrogens with zero attached hydrogens (tertiary/aromatic N) is 2. The van der Waals surface area contributed by atoms with Crippen LogP contribution in [0.5, 0.6) is 0 Å². The number of alkyl halides is 4. The van der Waals surface area contributed by atoms with E-state index in [0.717, 1.165) is 0 Å². The van der Waals surface area contributed by atoms with Gasteiger partial charge in [0.25, 0.3) is 0 Å². The molecule has 0 radical (unpaired) electrons. The van der Waals surface area contributed by atoms with Crippen LogP contribution in [0.25, 0.3) is 0 Å². The molecule has 0 rings (SSSR count). The molecular formula is C9H10ClF3N2. The molecule has 0 atom stereocenters. The highest BCUT2D eigenvalue weighted by atomic mass is 35.5. The zero-order valence-corrected chi connectivity index (χ0v) is 8.70. The van der Waals surface area contributed by atoms with E-state index in [0.29, 0.717) is 6.42 Å². The molecule has 84 valence electrons. The molecule has 0 fully saturated rings. The van der Waals surface area contributed by atoms with E-state index in [-0.39, 0.29) is 12.3 Å². The molecule has 0 aliphatic carbocycles. The number of rotatable bonds is 5. The standard InChI is InChI=1S/C9H10ClF3N2/c10-5-1-2-8(6-14,7-15)3-4-9(11,12)13/h1-5H2. The number of hydrogen-bond donors (Lipinski definition) is 0. The van der Waals surface area contributed by atoms with Crippen LogP contribution in [0.1, 0.15) is 25.7 Å².